The van der Waals surface area contributed by atoms with E-state index >= 15 is 0 Å². The molecule has 0 amide bonds. The fraction of sp³-hybridized carbons (Fsp3) is 0.400. The van der Waals surface area contributed by atoms with Gasteiger partial charge in [-0.05, 0) is 62.5 Å². The van der Waals surface area contributed by atoms with Crippen LogP contribution in [0.5, 0.6) is 0 Å². The average molecular weight is 609 g/mol. The molecule has 0 aliphatic heterocycles. The van der Waals surface area contributed by atoms with Gasteiger partial charge in [-0.1, -0.05) is 60.7 Å². The van der Waals surface area contributed by atoms with Gasteiger partial charge in [-0.25, -0.2) is 27.4 Å². The van der Waals surface area contributed by atoms with Crippen molar-refractivity contribution in [1.82, 2.24) is 13.7 Å². The molecule has 0 atom stereocenters. The van der Waals surface area contributed by atoms with E-state index in [0.717, 1.165) is 39.3 Å². The van der Waals surface area contributed by atoms with Crippen LogP contribution in [-0.4, -0.2) is 13.7 Å². The summed E-state index contributed by atoms with van der Waals surface area (Å²) in [5, 5.41) is 0. The molecule has 3 heterocycles. The molecule has 0 saturated carbocycles. The Kier molecular flexibility index (Phi) is 16.3. The molecule has 44 heavy (non-hydrogen) atoms. The Hall–Kier alpha value is -4.14. The van der Waals surface area contributed by atoms with Crippen LogP contribution in [0.4, 0.5) is 0 Å². The van der Waals surface area contributed by atoms with Crippen LogP contribution in [0.2, 0.25) is 0 Å². The van der Waals surface area contributed by atoms with E-state index < -0.39 is 0 Å². The topological polar surface area (TPSA) is 26.4 Å². The predicted molar refractivity (Wildman–Crippen MR) is 162 cm³/mol. The minimum Gasteiger partial charge on any atom is -1.00 e. The largest absolute Gasteiger partial charge is 1.00 e. The van der Waals surface area contributed by atoms with Gasteiger partial charge < -0.3 is 14.1 Å². The molecule has 6 nitrogen and oxygen atoms in total. The second-order valence-electron chi connectivity index (χ2n) is 11.3. The SMILES string of the molecule is [F-].[F-].[F-].c1ccc(C[n+]2ccn(CCCCCCn3cc[n+](CCCCCCn4cc[n+](Cc5ccccc5)c4)c3)c2)cc1. The van der Waals surface area contributed by atoms with Crippen LogP contribution < -0.4 is 27.8 Å². The van der Waals surface area contributed by atoms with Crippen LogP contribution in [0, 0.1) is 0 Å². The standard InChI is InChI=1S/C35H47N6.3FH/c1(3-13-21-38-25-27-40(32-38)29-34-15-7-5-8-16-34)11-19-36-23-24-37(31-36)20-12-2-4-14-22-39-26-28-41(33-39)30-35-17-9-6-10-18-35;;;/h5-10,15-18,23-28,31-33H,1-4,11-14,19-22,29-30H2;3*1H/q+3;;;/p-3. The highest BCUT2D eigenvalue weighted by Crippen LogP contribution is 2.06. The van der Waals surface area contributed by atoms with E-state index in [2.05, 4.69) is 144 Å². The first-order valence-corrected chi connectivity index (χ1v) is 15.5. The lowest BCUT2D eigenvalue weighted by molar-refractivity contribution is -0.696. The van der Waals surface area contributed by atoms with Crippen LogP contribution in [0.3, 0.4) is 0 Å². The molecule has 0 bridgehead atoms. The van der Waals surface area contributed by atoms with E-state index in [0.29, 0.717) is 0 Å². The number of rotatable bonds is 18. The van der Waals surface area contributed by atoms with Gasteiger partial charge in [0.1, 0.15) is 50.3 Å². The molecule has 0 saturated heterocycles. The summed E-state index contributed by atoms with van der Waals surface area (Å²) in [6.45, 7) is 6.32. The number of benzene rings is 2. The van der Waals surface area contributed by atoms with Crippen LogP contribution in [0.1, 0.15) is 62.5 Å². The van der Waals surface area contributed by atoms with E-state index in [-0.39, 0.29) is 14.1 Å². The van der Waals surface area contributed by atoms with Gasteiger partial charge in [-0.2, -0.15) is 0 Å². The molecule has 0 radical (unpaired) electrons. The van der Waals surface area contributed by atoms with Crippen molar-refractivity contribution in [2.24, 2.45) is 0 Å². The number of aromatic nitrogens is 6. The zero-order valence-electron chi connectivity index (χ0n) is 25.7. The van der Waals surface area contributed by atoms with Gasteiger partial charge in [-0.3, -0.25) is 0 Å². The lowest BCUT2D eigenvalue weighted by Gasteiger charge is -2.00. The summed E-state index contributed by atoms with van der Waals surface area (Å²) in [6.07, 6.45) is 30.1. The summed E-state index contributed by atoms with van der Waals surface area (Å²) in [5.74, 6) is 0. The zero-order valence-corrected chi connectivity index (χ0v) is 25.7. The summed E-state index contributed by atoms with van der Waals surface area (Å²) in [4.78, 5) is 0. The van der Waals surface area contributed by atoms with E-state index in [1.54, 1.807) is 0 Å². The Morgan fingerprint density at radius 1 is 0.409 bits per heavy atom. The number of unbranched alkanes of at least 4 members (excludes halogenated alkanes) is 6. The van der Waals surface area contributed by atoms with Crippen molar-refractivity contribution in [1.29, 1.82) is 0 Å². The van der Waals surface area contributed by atoms with E-state index in [4.69, 9.17) is 0 Å². The third-order valence-corrected chi connectivity index (χ3v) is 7.82. The molecular formula is C35H47F3N6. The molecule has 0 N–H and O–H groups in total. The van der Waals surface area contributed by atoms with E-state index in [1.807, 2.05) is 0 Å². The maximum Gasteiger partial charge on any atom is 0.244 e. The van der Waals surface area contributed by atoms with Gasteiger partial charge in [0.15, 0.2) is 0 Å². The molecule has 3 aromatic heterocycles. The first kappa shape index (κ1) is 36.1. The molecule has 0 spiro atoms. The third kappa shape index (κ3) is 12.2. The number of hydrogen-bond acceptors (Lipinski definition) is 0. The Bertz CT molecular complexity index is 1310. The molecule has 0 aliphatic carbocycles. The quantitative estimate of drug-likeness (QED) is 0.0733. The number of imidazole rings is 3. The molecule has 5 aromatic rings. The van der Waals surface area contributed by atoms with Crippen molar-refractivity contribution in [2.75, 3.05) is 0 Å². The second kappa shape index (κ2) is 19.9. The van der Waals surface area contributed by atoms with E-state index in [9.17, 15) is 0 Å². The lowest BCUT2D eigenvalue weighted by atomic mass is 10.2. The normalized spacial score (nSPS) is 10.5. The number of nitrogens with zero attached hydrogens (tertiary/aromatic N) is 6. The Morgan fingerprint density at radius 3 is 1.20 bits per heavy atom. The van der Waals surface area contributed by atoms with Crippen molar-refractivity contribution in [3.05, 3.63) is 128 Å². The number of hydrogen-bond donors (Lipinski definition) is 0. The Balaban J connectivity index is 0.00000225. The molecule has 238 valence electrons. The Morgan fingerprint density at radius 2 is 0.773 bits per heavy atom. The maximum absolute atomic E-state index is 2.36. The van der Waals surface area contributed by atoms with Gasteiger partial charge in [-0.15, -0.1) is 0 Å². The first-order chi connectivity index (χ1) is 20.3. The second-order valence-corrected chi connectivity index (χ2v) is 11.3. The summed E-state index contributed by atoms with van der Waals surface area (Å²) in [7, 11) is 0. The van der Waals surface area contributed by atoms with Crippen molar-refractivity contribution < 1.29 is 27.8 Å². The zero-order chi connectivity index (χ0) is 28.0. The highest BCUT2D eigenvalue weighted by atomic mass is 19.0. The lowest BCUT2D eigenvalue weighted by Crippen LogP contribution is -3.00. The van der Waals surface area contributed by atoms with Crippen LogP contribution in [0.25, 0.3) is 0 Å². The first-order valence-electron chi connectivity index (χ1n) is 15.5. The molecule has 2 aromatic carbocycles. The van der Waals surface area contributed by atoms with Gasteiger partial charge in [0.05, 0.1) is 26.2 Å². The van der Waals surface area contributed by atoms with Gasteiger partial charge in [0.25, 0.3) is 0 Å². The van der Waals surface area contributed by atoms with E-state index in [1.165, 1.54) is 62.5 Å². The van der Waals surface area contributed by atoms with Crippen molar-refractivity contribution in [3.8, 4) is 0 Å². The smallest absolute Gasteiger partial charge is 0.244 e. The fourth-order valence-corrected chi connectivity index (χ4v) is 5.51. The van der Waals surface area contributed by atoms with Crippen LogP contribution in [0.15, 0.2) is 117 Å². The summed E-state index contributed by atoms with van der Waals surface area (Å²) >= 11 is 0. The van der Waals surface area contributed by atoms with Crippen molar-refractivity contribution in [2.45, 2.75) is 90.6 Å². The summed E-state index contributed by atoms with van der Waals surface area (Å²) in [5.41, 5.74) is 2.69. The highest BCUT2D eigenvalue weighted by Gasteiger charge is 2.07. The molecule has 9 heteroatoms. The maximum atomic E-state index is 2.36. The van der Waals surface area contributed by atoms with Crippen LogP contribution >= 0.6 is 0 Å². The van der Waals surface area contributed by atoms with Gasteiger partial charge >= 0.3 is 0 Å². The Labute approximate surface area is 260 Å². The highest BCUT2D eigenvalue weighted by molar-refractivity contribution is 5.13. The fourth-order valence-electron chi connectivity index (χ4n) is 5.51. The van der Waals surface area contributed by atoms with Crippen molar-refractivity contribution >= 4 is 0 Å². The van der Waals surface area contributed by atoms with Crippen LogP contribution in [-0.2, 0) is 39.3 Å². The van der Waals surface area contributed by atoms with Crippen molar-refractivity contribution in [3.63, 3.8) is 0 Å². The van der Waals surface area contributed by atoms with Gasteiger partial charge in [0.2, 0.25) is 19.0 Å². The molecule has 0 fully saturated rings. The molecule has 0 unspecified atom stereocenters. The minimum absolute atomic E-state index is 0. The predicted octanol–water partition coefficient (Wildman–Crippen LogP) is -3.42. The molecular weight excluding hydrogens is 561 g/mol. The summed E-state index contributed by atoms with van der Waals surface area (Å²) < 4.78 is 13.9. The monoisotopic (exact) mass is 608 g/mol. The molecule has 5 rings (SSSR count). The minimum atomic E-state index is 0. The third-order valence-electron chi connectivity index (χ3n) is 7.82. The van der Waals surface area contributed by atoms with Gasteiger partial charge in [0, 0.05) is 0 Å². The average Bonchev–Trinajstić information content (AvgIpc) is 3.76. The summed E-state index contributed by atoms with van der Waals surface area (Å²) in [6, 6.07) is 21.3. The molecule has 0 aliphatic rings. The number of aryl methyl sites for hydroxylation is 4. The number of halogens is 3.